The second kappa shape index (κ2) is 9.30. The molecule has 0 spiro atoms. The van der Waals surface area contributed by atoms with Crippen LogP contribution in [0.3, 0.4) is 0 Å². The molecule has 3 aliphatic carbocycles. The number of allylic oxidation sites excluding steroid dienone is 3. The first-order valence-electron chi connectivity index (χ1n) is 13.4. The minimum absolute atomic E-state index is 0.0904. The molecule has 0 aliphatic heterocycles. The predicted molar refractivity (Wildman–Crippen MR) is 124 cm³/mol. The fourth-order valence-corrected chi connectivity index (χ4v) is 6.47. The molecule has 3 nitrogen and oxygen atoms in total. The van der Waals surface area contributed by atoms with Crippen LogP contribution in [0.5, 0.6) is 0 Å². The Morgan fingerprint density at radius 2 is 2.17 bits per heavy atom. The van der Waals surface area contributed by atoms with Crippen molar-refractivity contribution in [1.82, 2.24) is 0 Å². The second-order valence-electron chi connectivity index (χ2n) is 11.0. The first-order valence-corrected chi connectivity index (χ1v) is 11.9. The highest BCUT2D eigenvalue weighted by Crippen LogP contribution is 2.60. The number of hydrogen-bond donors (Lipinski definition) is 3. The van der Waals surface area contributed by atoms with Gasteiger partial charge >= 0.3 is 0 Å². The van der Waals surface area contributed by atoms with Crippen molar-refractivity contribution in [3.63, 3.8) is 0 Å². The summed E-state index contributed by atoms with van der Waals surface area (Å²) in [5.41, 5.74) is 2.32. The molecule has 3 aliphatic rings. The molecule has 0 amide bonds. The lowest BCUT2D eigenvalue weighted by molar-refractivity contribution is 0.0596. The van der Waals surface area contributed by atoms with Gasteiger partial charge in [0.1, 0.15) is 0 Å². The Balaban J connectivity index is 1.75. The lowest BCUT2D eigenvalue weighted by atomic mass is 9.60. The van der Waals surface area contributed by atoms with Gasteiger partial charge in [0.25, 0.3) is 0 Å². The van der Waals surface area contributed by atoms with Gasteiger partial charge < -0.3 is 15.3 Å². The van der Waals surface area contributed by atoms with E-state index in [1.54, 1.807) is 0 Å². The summed E-state index contributed by atoms with van der Waals surface area (Å²) in [6.07, 6.45) is 9.01. The Bertz CT molecular complexity index is 786. The molecule has 0 saturated heterocycles. The van der Waals surface area contributed by atoms with Crippen molar-refractivity contribution in [3.8, 4) is 0 Å². The molecular formula is C27H44O3. The molecule has 3 heteroatoms. The number of fused-ring (bicyclic) bond motifs is 1. The lowest BCUT2D eigenvalue weighted by Crippen LogP contribution is -2.36. The lowest BCUT2D eigenvalue weighted by Gasteiger charge is -2.44. The molecule has 0 heterocycles. The van der Waals surface area contributed by atoms with E-state index in [2.05, 4.69) is 31.6 Å². The summed E-state index contributed by atoms with van der Waals surface area (Å²) in [5.74, 6) is 1.87. The predicted octanol–water partition coefficient (Wildman–Crippen LogP) is 5.70. The summed E-state index contributed by atoms with van der Waals surface area (Å²) >= 11 is 0. The van der Waals surface area contributed by atoms with Crippen molar-refractivity contribution in [2.45, 2.75) is 110 Å². The average molecular weight is 420 g/mol. The van der Waals surface area contributed by atoms with Crippen molar-refractivity contribution in [1.29, 1.82) is 1.43 Å². The van der Waals surface area contributed by atoms with Gasteiger partial charge in [-0.2, -0.15) is 0 Å². The van der Waals surface area contributed by atoms with E-state index in [9.17, 15) is 10.2 Å². The maximum Gasteiger partial charge on any atom is 0.210 e. The van der Waals surface area contributed by atoms with Crippen LogP contribution in [0.25, 0.3) is 0 Å². The SMILES string of the molecule is [2H]O[C@]1([2H])C/C(=C/C=C2CCC[C@@]3(C)C2CC[C@@H]3[C@H](C)CCCC(C)(C)O)C(=C)[C@H](O)C1[2H]. The van der Waals surface area contributed by atoms with E-state index in [4.69, 9.17) is 4.17 Å². The van der Waals surface area contributed by atoms with E-state index in [-0.39, 0.29) is 11.8 Å². The van der Waals surface area contributed by atoms with Gasteiger partial charge in [0, 0.05) is 7.77 Å². The van der Waals surface area contributed by atoms with Crippen LogP contribution in [0.1, 0.15) is 94.6 Å². The minimum atomic E-state index is -1.77. The zero-order valence-corrected chi connectivity index (χ0v) is 19.4. The van der Waals surface area contributed by atoms with Crippen molar-refractivity contribution < 1.29 is 18.1 Å². The van der Waals surface area contributed by atoms with E-state index in [0.717, 1.165) is 25.7 Å². The fourth-order valence-electron chi connectivity index (χ4n) is 6.47. The van der Waals surface area contributed by atoms with Crippen LogP contribution in [-0.2, 0) is 0 Å². The molecule has 170 valence electrons. The number of aliphatic hydroxyl groups is 3. The van der Waals surface area contributed by atoms with Gasteiger partial charge in [-0.25, -0.2) is 0 Å². The summed E-state index contributed by atoms with van der Waals surface area (Å²) < 4.78 is 23.6. The van der Waals surface area contributed by atoms with Crippen LogP contribution in [-0.4, -0.2) is 34.5 Å². The molecule has 7 atom stereocenters. The summed E-state index contributed by atoms with van der Waals surface area (Å²) in [4.78, 5) is 0. The molecule has 0 bridgehead atoms. The highest BCUT2D eigenvalue weighted by atomic mass is 16.3. The Hall–Kier alpha value is -0.900. The monoisotopic (exact) mass is 419 g/mol. The van der Waals surface area contributed by atoms with Crippen LogP contribution < -0.4 is 0 Å². The highest BCUT2D eigenvalue weighted by Gasteiger charge is 2.50. The zero-order valence-electron chi connectivity index (χ0n) is 22.4. The summed E-state index contributed by atoms with van der Waals surface area (Å²) in [5, 5.41) is 25.0. The van der Waals surface area contributed by atoms with Gasteiger partial charge in [0.05, 0.1) is 19.2 Å². The molecule has 0 aromatic carbocycles. The van der Waals surface area contributed by atoms with Crippen LogP contribution in [0, 0.1) is 23.2 Å². The van der Waals surface area contributed by atoms with E-state index >= 15 is 0 Å². The first-order chi connectivity index (χ1) is 15.3. The number of hydrogen-bond acceptors (Lipinski definition) is 3. The van der Waals surface area contributed by atoms with Gasteiger partial charge in [-0.3, -0.25) is 0 Å². The maximum atomic E-state index is 10.4. The minimum Gasteiger partial charge on any atom is -0.393 e. The van der Waals surface area contributed by atoms with Gasteiger partial charge in [-0.1, -0.05) is 51.0 Å². The summed E-state index contributed by atoms with van der Waals surface area (Å²) in [6, 6.07) is 0. The third-order valence-corrected chi connectivity index (χ3v) is 8.15. The fraction of sp³-hybridized carbons (Fsp3) is 0.778. The molecule has 3 fully saturated rings. The van der Waals surface area contributed by atoms with Crippen LogP contribution >= 0.6 is 0 Å². The van der Waals surface area contributed by atoms with Crippen molar-refractivity contribution in [3.05, 3.63) is 35.5 Å². The van der Waals surface area contributed by atoms with Crippen molar-refractivity contribution >= 4 is 0 Å². The molecule has 30 heavy (non-hydrogen) atoms. The highest BCUT2D eigenvalue weighted by molar-refractivity contribution is 5.38. The Labute approximate surface area is 188 Å². The molecule has 3 saturated carbocycles. The molecule has 2 unspecified atom stereocenters. The Morgan fingerprint density at radius 1 is 1.40 bits per heavy atom. The molecular weight excluding hydrogens is 372 g/mol. The van der Waals surface area contributed by atoms with Crippen LogP contribution in [0.4, 0.5) is 0 Å². The van der Waals surface area contributed by atoms with Gasteiger partial charge in [-0.05, 0) is 93.1 Å². The molecule has 0 aromatic heterocycles. The standard InChI is InChI=1S/C27H44O3/c1-18(8-6-14-26(3,4)30)23-12-13-24-20(9-7-15-27(23,24)5)10-11-21-16-22(28)17-25(29)19(21)2/h10-11,18,22-25,28-30H,2,6-9,12-17H2,1,3-5H3/b20-10?,21-11-/t18-,22-,23-,24?,25-,27-/m1/s1/i17D,22D,28D/t17?,18-,22-,23-,24?,25-,27-. The third kappa shape index (κ3) is 5.29. The van der Waals surface area contributed by atoms with E-state index in [0.29, 0.717) is 28.9 Å². The smallest absolute Gasteiger partial charge is 0.210 e. The van der Waals surface area contributed by atoms with Crippen LogP contribution in [0.15, 0.2) is 35.5 Å². The quantitative estimate of drug-likeness (QED) is 0.496. The van der Waals surface area contributed by atoms with E-state index in [1.807, 2.05) is 19.9 Å². The molecule has 0 aromatic rings. The molecule has 3 N–H and O–H groups in total. The molecule has 0 radical (unpaired) electrons. The van der Waals surface area contributed by atoms with Gasteiger partial charge in [-0.15, -0.1) is 0 Å². The topological polar surface area (TPSA) is 60.7 Å². The largest absolute Gasteiger partial charge is 0.393 e. The van der Waals surface area contributed by atoms with Crippen molar-refractivity contribution in [2.24, 2.45) is 23.2 Å². The molecule has 3 rings (SSSR count). The van der Waals surface area contributed by atoms with Crippen molar-refractivity contribution in [2.75, 3.05) is 0 Å². The average Bonchev–Trinajstić information content (AvgIpc) is 3.10. The third-order valence-electron chi connectivity index (χ3n) is 8.15. The van der Waals surface area contributed by atoms with E-state index in [1.165, 1.54) is 31.3 Å². The van der Waals surface area contributed by atoms with E-state index < -0.39 is 24.2 Å². The first kappa shape index (κ1) is 19.8. The maximum absolute atomic E-state index is 10.4. The second-order valence-corrected chi connectivity index (χ2v) is 11.0. The van der Waals surface area contributed by atoms with Crippen LogP contribution in [0.2, 0.25) is 0 Å². The number of aliphatic hydroxyl groups excluding tert-OH is 1. The Kier molecular flexibility index (Phi) is 6.13. The zero-order chi connectivity index (χ0) is 24.6. The normalized spacial score (nSPS) is 45.1. The Morgan fingerprint density at radius 3 is 2.87 bits per heavy atom. The van der Waals surface area contributed by atoms with Gasteiger partial charge in [0.15, 0.2) is 0 Å². The number of rotatable bonds is 7. The summed E-state index contributed by atoms with van der Waals surface area (Å²) in [6.45, 7) is 12.6. The summed E-state index contributed by atoms with van der Waals surface area (Å²) in [7, 11) is 0. The van der Waals surface area contributed by atoms with Gasteiger partial charge in [0.2, 0.25) is 1.43 Å².